The first kappa shape index (κ1) is 19.4. The summed E-state index contributed by atoms with van der Waals surface area (Å²) in [6.45, 7) is 3.57. The number of methoxy groups -OCH3 is 1. The lowest BCUT2D eigenvalue weighted by Crippen LogP contribution is -2.39. The van der Waals surface area contributed by atoms with E-state index in [2.05, 4.69) is 22.3 Å². The van der Waals surface area contributed by atoms with Crippen LogP contribution in [0.5, 0.6) is 5.75 Å². The quantitative estimate of drug-likeness (QED) is 0.811. The number of halogens is 1. The first-order chi connectivity index (χ1) is 13.1. The fourth-order valence-electron chi connectivity index (χ4n) is 3.58. The summed E-state index contributed by atoms with van der Waals surface area (Å²) in [5.41, 5.74) is 1.83. The van der Waals surface area contributed by atoms with E-state index in [1.807, 2.05) is 12.1 Å². The van der Waals surface area contributed by atoms with E-state index in [4.69, 9.17) is 4.74 Å². The standard InChI is InChI=1S/C22H27FN2O2/c1-27-21-4-2-3-18(16-21)15-17-9-12-25(13-10-17)14-11-24-22(26)19-5-7-20(23)8-6-19/h2-8,16-17H,9-15H2,1H3,(H,24,26). The van der Waals surface area contributed by atoms with Crippen LogP contribution in [-0.2, 0) is 6.42 Å². The van der Waals surface area contributed by atoms with Crippen LogP contribution < -0.4 is 10.1 Å². The molecule has 0 saturated carbocycles. The van der Waals surface area contributed by atoms with Gasteiger partial charge in [0.2, 0.25) is 0 Å². The molecule has 27 heavy (non-hydrogen) atoms. The number of ether oxygens (including phenoxy) is 1. The van der Waals surface area contributed by atoms with E-state index in [-0.39, 0.29) is 11.7 Å². The third-order valence-electron chi connectivity index (χ3n) is 5.19. The van der Waals surface area contributed by atoms with Crippen molar-refractivity contribution in [2.45, 2.75) is 19.3 Å². The summed E-state index contributed by atoms with van der Waals surface area (Å²) in [5, 5.41) is 2.91. The Labute approximate surface area is 160 Å². The maximum absolute atomic E-state index is 12.9. The molecule has 1 N–H and O–H groups in total. The fourth-order valence-corrected chi connectivity index (χ4v) is 3.58. The Balaban J connectivity index is 1.37. The van der Waals surface area contributed by atoms with Crippen LogP contribution in [0.15, 0.2) is 48.5 Å². The van der Waals surface area contributed by atoms with Crippen molar-refractivity contribution in [1.29, 1.82) is 0 Å². The molecule has 1 heterocycles. The second-order valence-corrected chi connectivity index (χ2v) is 7.10. The molecule has 2 aromatic rings. The van der Waals surface area contributed by atoms with Crippen molar-refractivity contribution in [1.82, 2.24) is 10.2 Å². The first-order valence-electron chi connectivity index (χ1n) is 9.53. The van der Waals surface area contributed by atoms with E-state index in [9.17, 15) is 9.18 Å². The predicted octanol–water partition coefficient (Wildman–Crippen LogP) is 3.52. The summed E-state index contributed by atoms with van der Waals surface area (Å²) in [6, 6.07) is 13.9. The second-order valence-electron chi connectivity index (χ2n) is 7.10. The van der Waals surface area contributed by atoms with Crippen molar-refractivity contribution in [2.75, 3.05) is 33.3 Å². The molecule has 0 atom stereocenters. The summed E-state index contributed by atoms with van der Waals surface area (Å²) in [5.74, 6) is 1.13. The van der Waals surface area contributed by atoms with E-state index >= 15 is 0 Å². The molecule has 1 aliphatic rings. The lowest BCUT2D eigenvalue weighted by Gasteiger charge is -2.32. The first-order valence-corrected chi connectivity index (χ1v) is 9.53. The zero-order valence-corrected chi connectivity index (χ0v) is 15.8. The highest BCUT2D eigenvalue weighted by Crippen LogP contribution is 2.23. The van der Waals surface area contributed by atoms with Gasteiger partial charge in [-0.05, 0) is 80.2 Å². The fraction of sp³-hybridized carbons (Fsp3) is 0.409. The van der Waals surface area contributed by atoms with Gasteiger partial charge in [0.25, 0.3) is 5.91 Å². The summed E-state index contributed by atoms with van der Waals surface area (Å²) in [4.78, 5) is 14.4. The minimum Gasteiger partial charge on any atom is -0.497 e. The van der Waals surface area contributed by atoms with Crippen molar-refractivity contribution in [3.63, 3.8) is 0 Å². The van der Waals surface area contributed by atoms with Crippen LogP contribution in [0.2, 0.25) is 0 Å². The number of likely N-dealkylation sites (tertiary alicyclic amines) is 1. The van der Waals surface area contributed by atoms with Gasteiger partial charge in [-0.15, -0.1) is 0 Å². The van der Waals surface area contributed by atoms with Gasteiger partial charge in [0.15, 0.2) is 0 Å². The molecule has 0 radical (unpaired) electrons. The molecular weight excluding hydrogens is 343 g/mol. The molecule has 0 aromatic heterocycles. The molecule has 3 rings (SSSR count). The van der Waals surface area contributed by atoms with Gasteiger partial charge in [-0.1, -0.05) is 12.1 Å². The molecule has 4 nitrogen and oxygen atoms in total. The van der Waals surface area contributed by atoms with E-state index in [1.54, 1.807) is 7.11 Å². The molecule has 1 saturated heterocycles. The van der Waals surface area contributed by atoms with Crippen molar-refractivity contribution >= 4 is 5.91 Å². The number of rotatable bonds is 7. The largest absolute Gasteiger partial charge is 0.497 e. The summed E-state index contributed by atoms with van der Waals surface area (Å²) >= 11 is 0. The van der Waals surface area contributed by atoms with Gasteiger partial charge in [0.1, 0.15) is 11.6 Å². The SMILES string of the molecule is COc1cccc(CC2CCN(CCNC(=O)c3ccc(F)cc3)CC2)c1. The molecular formula is C22H27FN2O2. The van der Waals surface area contributed by atoms with Gasteiger partial charge < -0.3 is 15.0 Å². The molecule has 1 aliphatic heterocycles. The molecule has 0 bridgehead atoms. The lowest BCUT2D eigenvalue weighted by molar-refractivity contribution is 0.0944. The molecule has 5 heteroatoms. The van der Waals surface area contributed by atoms with Gasteiger partial charge in [0.05, 0.1) is 7.11 Å². The highest BCUT2D eigenvalue weighted by Gasteiger charge is 2.19. The lowest BCUT2D eigenvalue weighted by atomic mass is 9.90. The van der Waals surface area contributed by atoms with Crippen LogP contribution in [-0.4, -0.2) is 44.1 Å². The molecule has 144 valence electrons. The highest BCUT2D eigenvalue weighted by atomic mass is 19.1. The Bertz CT molecular complexity index is 740. The summed E-state index contributed by atoms with van der Waals surface area (Å²) < 4.78 is 18.2. The number of benzene rings is 2. The molecule has 1 fully saturated rings. The zero-order valence-electron chi connectivity index (χ0n) is 15.8. The Morgan fingerprint density at radius 3 is 2.63 bits per heavy atom. The number of hydrogen-bond acceptors (Lipinski definition) is 3. The number of amides is 1. The topological polar surface area (TPSA) is 41.6 Å². The number of carbonyl (C=O) groups is 1. The van der Waals surface area contributed by atoms with Crippen LogP contribution in [0.25, 0.3) is 0 Å². The monoisotopic (exact) mass is 370 g/mol. The average Bonchev–Trinajstić information content (AvgIpc) is 2.70. The Hall–Kier alpha value is -2.40. The van der Waals surface area contributed by atoms with Crippen LogP contribution >= 0.6 is 0 Å². The van der Waals surface area contributed by atoms with Gasteiger partial charge >= 0.3 is 0 Å². The van der Waals surface area contributed by atoms with Crippen LogP contribution in [0, 0.1) is 11.7 Å². The number of piperidine rings is 1. The molecule has 0 aliphatic carbocycles. The number of nitrogens with one attached hydrogen (secondary N) is 1. The molecule has 2 aromatic carbocycles. The zero-order chi connectivity index (χ0) is 19.1. The van der Waals surface area contributed by atoms with Crippen LogP contribution in [0.4, 0.5) is 4.39 Å². The number of hydrogen-bond donors (Lipinski definition) is 1. The molecule has 0 spiro atoms. The average molecular weight is 370 g/mol. The van der Waals surface area contributed by atoms with Crippen molar-refractivity contribution in [3.8, 4) is 5.75 Å². The third kappa shape index (κ3) is 5.79. The van der Waals surface area contributed by atoms with Crippen LogP contribution in [0.1, 0.15) is 28.8 Å². The van der Waals surface area contributed by atoms with E-state index in [0.717, 1.165) is 31.8 Å². The van der Waals surface area contributed by atoms with Crippen molar-refractivity contribution < 1.29 is 13.9 Å². The van der Waals surface area contributed by atoms with E-state index in [0.29, 0.717) is 18.0 Å². The summed E-state index contributed by atoms with van der Waals surface area (Å²) in [6.07, 6.45) is 3.43. The summed E-state index contributed by atoms with van der Waals surface area (Å²) in [7, 11) is 1.70. The Morgan fingerprint density at radius 1 is 1.19 bits per heavy atom. The predicted molar refractivity (Wildman–Crippen MR) is 105 cm³/mol. The number of nitrogens with zero attached hydrogens (tertiary/aromatic N) is 1. The molecule has 0 unspecified atom stereocenters. The second kappa shape index (κ2) is 9.51. The maximum Gasteiger partial charge on any atom is 0.251 e. The third-order valence-corrected chi connectivity index (χ3v) is 5.19. The Kier molecular flexibility index (Phi) is 6.82. The van der Waals surface area contributed by atoms with Crippen molar-refractivity contribution in [3.05, 3.63) is 65.5 Å². The smallest absolute Gasteiger partial charge is 0.251 e. The van der Waals surface area contributed by atoms with Gasteiger partial charge in [-0.25, -0.2) is 4.39 Å². The minimum absolute atomic E-state index is 0.150. The maximum atomic E-state index is 12.9. The van der Waals surface area contributed by atoms with E-state index in [1.165, 1.54) is 42.7 Å². The van der Waals surface area contributed by atoms with Gasteiger partial charge in [-0.3, -0.25) is 4.79 Å². The normalized spacial score (nSPS) is 15.5. The van der Waals surface area contributed by atoms with Gasteiger partial charge in [0, 0.05) is 18.7 Å². The molecule has 1 amide bonds. The van der Waals surface area contributed by atoms with Crippen molar-refractivity contribution in [2.24, 2.45) is 5.92 Å². The minimum atomic E-state index is -0.330. The van der Waals surface area contributed by atoms with Gasteiger partial charge in [-0.2, -0.15) is 0 Å². The number of carbonyl (C=O) groups excluding carboxylic acids is 1. The van der Waals surface area contributed by atoms with E-state index < -0.39 is 0 Å². The Morgan fingerprint density at radius 2 is 1.93 bits per heavy atom. The highest BCUT2D eigenvalue weighted by molar-refractivity contribution is 5.94. The van der Waals surface area contributed by atoms with Crippen LogP contribution in [0.3, 0.4) is 0 Å².